The fourth-order valence-electron chi connectivity index (χ4n) is 1.70. The van der Waals surface area contributed by atoms with Crippen molar-refractivity contribution in [2.45, 2.75) is 13.0 Å². The Balaban J connectivity index is 2.44. The van der Waals surface area contributed by atoms with Gasteiger partial charge in [-0.3, -0.25) is 10.1 Å². The Bertz CT molecular complexity index is 689. The maximum absolute atomic E-state index is 13.5. The summed E-state index contributed by atoms with van der Waals surface area (Å²) in [4.78, 5) is 10.3. The third-order valence-corrected chi connectivity index (χ3v) is 2.80. The highest BCUT2D eigenvalue weighted by atomic mass is 19.2. The molecule has 0 unspecified atom stereocenters. The maximum atomic E-state index is 13.5. The van der Waals surface area contributed by atoms with E-state index < -0.39 is 34.1 Å². The maximum Gasteiger partial charge on any atom is 0.311 e. The quantitative estimate of drug-likeness (QED) is 0.689. The van der Waals surface area contributed by atoms with Crippen LogP contribution >= 0.6 is 0 Å². The second-order valence-electron chi connectivity index (χ2n) is 4.31. The van der Waals surface area contributed by atoms with Crippen LogP contribution in [0.5, 0.6) is 11.5 Å². The first-order valence-corrected chi connectivity index (χ1v) is 5.98. The Hall–Kier alpha value is -2.54. The smallest absolute Gasteiger partial charge is 0.311 e. The SMILES string of the molecule is C[C@@H](O)c1ccc(Oc2cccc(F)c2F)c([N+](=O)[O-])c1. The molecular formula is C14H11F2NO4. The number of ether oxygens (including phenoxy) is 1. The Morgan fingerprint density at radius 1 is 1.24 bits per heavy atom. The molecule has 0 aliphatic rings. The highest BCUT2D eigenvalue weighted by Crippen LogP contribution is 2.34. The van der Waals surface area contributed by atoms with E-state index in [0.717, 1.165) is 18.2 Å². The van der Waals surface area contributed by atoms with E-state index in [1.165, 1.54) is 25.1 Å². The number of aliphatic hydroxyl groups is 1. The van der Waals surface area contributed by atoms with Crippen molar-refractivity contribution in [2.75, 3.05) is 0 Å². The summed E-state index contributed by atoms with van der Waals surface area (Å²) >= 11 is 0. The van der Waals surface area contributed by atoms with Crippen LogP contribution in [0.1, 0.15) is 18.6 Å². The molecule has 0 amide bonds. The highest BCUT2D eigenvalue weighted by Gasteiger charge is 2.20. The number of hydrogen-bond acceptors (Lipinski definition) is 4. The lowest BCUT2D eigenvalue weighted by Crippen LogP contribution is -1.99. The molecule has 1 atom stereocenters. The van der Waals surface area contributed by atoms with E-state index in [2.05, 4.69) is 0 Å². The highest BCUT2D eigenvalue weighted by molar-refractivity contribution is 5.51. The Labute approximate surface area is 118 Å². The van der Waals surface area contributed by atoms with E-state index in [-0.39, 0.29) is 5.75 Å². The average Bonchev–Trinajstić information content (AvgIpc) is 2.43. The van der Waals surface area contributed by atoms with Crippen LogP contribution < -0.4 is 4.74 Å². The fraction of sp³-hybridized carbons (Fsp3) is 0.143. The summed E-state index contributed by atoms with van der Waals surface area (Å²) in [7, 11) is 0. The molecule has 0 aromatic heterocycles. The summed E-state index contributed by atoms with van der Waals surface area (Å²) < 4.78 is 31.7. The molecule has 0 fully saturated rings. The van der Waals surface area contributed by atoms with Gasteiger partial charge in [-0.05, 0) is 30.7 Å². The van der Waals surface area contributed by atoms with E-state index in [1.807, 2.05) is 0 Å². The van der Waals surface area contributed by atoms with E-state index >= 15 is 0 Å². The zero-order valence-electron chi connectivity index (χ0n) is 10.9. The Morgan fingerprint density at radius 3 is 2.57 bits per heavy atom. The summed E-state index contributed by atoms with van der Waals surface area (Å²) in [6.07, 6.45) is -0.899. The number of aliphatic hydroxyl groups excluding tert-OH is 1. The normalized spacial score (nSPS) is 12.0. The van der Waals surface area contributed by atoms with Crippen LogP contribution in [-0.4, -0.2) is 10.0 Å². The van der Waals surface area contributed by atoms with Crippen LogP contribution in [0.15, 0.2) is 36.4 Å². The van der Waals surface area contributed by atoms with Gasteiger partial charge in [-0.15, -0.1) is 0 Å². The van der Waals surface area contributed by atoms with Crippen molar-refractivity contribution >= 4 is 5.69 Å². The van der Waals surface area contributed by atoms with Gasteiger partial charge in [0.25, 0.3) is 0 Å². The van der Waals surface area contributed by atoms with Crippen LogP contribution in [0, 0.1) is 21.7 Å². The molecule has 5 nitrogen and oxygen atoms in total. The standard InChI is InChI=1S/C14H11F2NO4/c1-8(18)9-5-6-12(11(7-9)17(19)20)21-13-4-2-3-10(15)14(13)16/h2-8,18H,1H3/t8-/m1/s1. The topological polar surface area (TPSA) is 72.6 Å². The molecule has 0 bridgehead atoms. The molecule has 21 heavy (non-hydrogen) atoms. The lowest BCUT2D eigenvalue weighted by atomic mass is 10.1. The van der Waals surface area contributed by atoms with Gasteiger partial charge in [-0.25, -0.2) is 4.39 Å². The molecule has 7 heteroatoms. The molecule has 0 saturated heterocycles. The van der Waals surface area contributed by atoms with Gasteiger partial charge >= 0.3 is 5.69 Å². The molecule has 2 aromatic rings. The van der Waals surface area contributed by atoms with Crippen molar-refractivity contribution in [3.05, 3.63) is 63.7 Å². The van der Waals surface area contributed by atoms with E-state index in [0.29, 0.717) is 5.56 Å². The predicted molar refractivity (Wildman–Crippen MR) is 70.2 cm³/mol. The Kier molecular flexibility index (Phi) is 4.13. The second-order valence-corrected chi connectivity index (χ2v) is 4.31. The minimum Gasteiger partial charge on any atom is -0.447 e. The largest absolute Gasteiger partial charge is 0.447 e. The lowest BCUT2D eigenvalue weighted by Gasteiger charge is -2.10. The number of benzene rings is 2. The fourth-order valence-corrected chi connectivity index (χ4v) is 1.70. The van der Waals surface area contributed by atoms with Crippen molar-refractivity contribution < 1.29 is 23.5 Å². The van der Waals surface area contributed by atoms with Crippen LogP contribution in [0.3, 0.4) is 0 Å². The van der Waals surface area contributed by atoms with Gasteiger partial charge in [-0.2, -0.15) is 4.39 Å². The molecule has 0 saturated carbocycles. The van der Waals surface area contributed by atoms with Gasteiger partial charge < -0.3 is 9.84 Å². The molecule has 2 rings (SSSR count). The third-order valence-electron chi connectivity index (χ3n) is 2.80. The van der Waals surface area contributed by atoms with Crippen molar-refractivity contribution in [3.63, 3.8) is 0 Å². The van der Waals surface area contributed by atoms with Gasteiger partial charge in [0.05, 0.1) is 11.0 Å². The minimum absolute atomic E-state index is 0.242. The van der Waals surface area contributed by atoms with Gasteiger partial charge in [-0.1, -0.05) is 12.1 Å². The summed E-state index contributed by atoms with van der Waals surface area (Å²) in [5, 5.41) is 20.4. The van der Waals surface area contributed by atoms with Crippen molar-refractivity contribution in [1.29, 1.82) is 0 Å². The van der Waals surface area contributed by atoms with E-state index in [9.17, 15) is 24.0 Å². The number of nitro groups is 1. The molecule has 0 radical (unpaired) electrons. The first-order valence-electron chi connectivity index (χ1n) is 5.98. The van der Waals surface area contributed by atoms with Crippen LogP contribution in [0.4, 0.5) is 14.5 Å². The molecular weight excluding hydrogens is 284 g/mol. The van der Waals surface area contributed by atoms with Crippen molar-refractivity contribution in [3.8, 4) is 11.5 Å². The van der Waals surface area contributed by atoms with Crippen LogP contribution in [-0.2, 0) is 0 Å². The molecule has 1 N–H and O–H groups in total. The number of nitrogens with zero attached hydrogens (tertiary/aromatic N) is 1. The molecule has 0 spiro atoms. The summed E-state index contributed by atoms with van der Waals surface area (Å²) in [6.45, 7) is 1.45. The van der Waals surface area contributed by atoms with Gasteiger partial charge in [0.2, 0.25) is 11.6 Å². The minimum atomic E-state index is -1.23. The lowest BCUT2D eigenvalue weighted by molar-refractivity contribution is -0.385. The predicted octanol–water partition coefficient (Wildman–Crippen LogP) is 3.72. The first kappa shape index (κ1) is 14.9. The van der Waals surface area contributed by atoms with Crippen molar-refractivity contribution in [2.24, 2.45) is 0 Å². The monoisotopic (exact) mass is 295 g/mol. The molecule has 110 valence electrons. The van der Waals surface area contributed by atoms with Crippen molar-refractivity contribution in [1.82, 2.24) is 0 Å². The number of halogens is 2. The summed E-state index contributed by atoms with van der Waals surface area (Å²) in [5.74, 6) is -3.04. The molecule has 2 aromatic carbocycles. The second kappa shape index (κ2) is 5.84. The van der Waals surface area contributed by atoms with E-state index in [4.69, 9.17) is 4.74 Å². The van der Waals surface area contributed by atoms with Gasteiger partial charge in [0, 0.05) is 6.07 Å². The van der Waals surface area contributed by atoms with Crippen LogP contribution in [0.2, 0.25) is 0 Å². The third kappa shape index (κ3) is 3.14. The van der Waals surface area contributed by atoms with Gasteiger partial charge in [0.15, 0.2) is 11.6 Å². The summed E-state index contributed by atoms with van der Waals surface area (Å²) in [5.41, 5.74) is -0.133. The molecule has 0 heterocycles. The Morgan fingerprint density at radius 2 is 1.95 bits per heavy atom. The summed E-state index contributed by atoms with van der Waals surface area (Å²) in [6, 6.07) is 7.05. The average molecular weight is 295 g/mol. The number of hydrogen-bond donors (Lipinski definition) is 1. The van der Waals surface area contributed by atoms with Crippen LogP contribution in [0.25, 0.3) is 0 Å². The molecule has 0 aliphatic heterocycles. The molecule has 0 aliphatic carbocycles. The first-order chi connectivity index (χ1) is 9.90. The number of nitro benzene ring substituents is 1. The zero-order chi connectivity index (χ0) is 15.6. The zero-order valence-corrected chi connectivity index (χ0v) is 10.9. The van der Waals surface area contributed by atoms with Gasteiger partial charge in [0.1, 0.15) is 0 Å². The van der Waals surface area contributed by atoms with E-state index in [1.54, 1.807) is 0 Å². The number of rotatable bonds is 4.